The summed E-state index contributed by atoms with van der Waals surface area (Å²) in [5.74, 6) is -0.646. The number of carbonyl (C=O) groups excluding carboxylic acids is 1. The van der Waals surface area contributed by atoms with Crippen LogP contribution in [0.1, 0.15) is 12.6 Å². The summed E-state index contributed by atoms with van der Waals surface area (Å²) >= 11 is 0. The first-order valence-electron chi connectivity index (χ1n) is 4.18. The molecule has 0 radical (unpaired) electrons. The summed E-state index contributed by atoms with van der Waals surface area (Å²) in [6, 6.07) is -0.0573. The standard InChI is InChI=1S/C8H11N3O4/c1-3-14-7(12)6(11-13-2)5-4-15-8(9)10-5/h4H,3H2,1-2H3,(H2,9,10)/b11-6-. The van der Waals surface area contributed by atoms with Gasteiger partial charge in [-0.1, -0.05) is 5.16 Å². The van der Waals surface area contributed by atoms with E-state index >= 15 is 0 Å². The average molecular weight is 213 g/mol. The van der Waals surface area contributed by atoms with Crippen molar-refractivity contribution in [1.29, 1.82) is 0 Å². The van der Waals surface area contributed by atoms with Crippen LogP contribution in [0.4, 0.5) is 6.01 Å². The molecule has 0 fully saturated rings. The number of hydrogen-bond acceptors (Lipinski definition) is 7. The lowest BCUT2D eigenvalue weighted by Crippen LogP contribution is -2.19. The van der Waals surface area contributed by atoms with Crippen molar-refractivity contribution in [2.45, 2.75) is 6.92 Å². The lowest BCUT2D eigenvalue weighted by Gasteiger charge is -2.01. The number of oxime groups is 1. The smallest absolute Gasteiger partial charge is 0.362 e. The molecule has 1 aromatic heterocycles. The fraction of sp³-hybridized carbons (Fsp3) is 0.375. The Morgan fingerprint density at radius 3 is 2.93 bits per heavy atom. The SMILES string of the molecule is CCOC(=O)/C(=N\OC)c1coc(N)n1. The van der Waals surface area contributed by atoms with Gasteiger partial charge in [-0.25, -0.2) is 4.79 Å². The molecule has 0 aliphatic heterocycles. The highest BCUT2D eigenvalue weighted by atomic mass is 16.6. The molecule has 0 aliphatic rings. The van der Waals surface area contributed by atoms with E-state index in [9.17, 15) is 4.79 Å². The maximum Gasteiger partial charge on any atom is 0.362 e. The van der Waals surface area contributed by atoms with Crippen LogP contribution in [0.15, 0.2) is 15.8 Å². The second kappa shape index (κ2) is 4.99. The fourth-order valence-electron chi connectivity index (χ4n) is 0.876. The van der Waals surface area contributed by atoms with Gasteiger partial charge in [0.1, 0.15) is 19.1 Å². The molecule has 0 spiro atoms. The van der Waals surface area contributed by atoms with E-state index in [1.807, 2.05) is 0 Å². The second-order valence-corrected chi connectivity index (χ2v) is 2.41. The molecular weight excluding hydrogens is 202 g/mol. The molecule has 0 amide bonds. The molecule has 0 saturated carbocycles. The molecule has 15 heavy (non-hydrogen) atoms. The summed E-state index contributed by atoms with van der Waals surface area (Å²) in [6.07, 6.45) is 1.20. The molecule has 0 aromatic carbocycles. The Hall–Kier alpha value is -2.05. The fourth-order valence-corrected chi connectivity index (χ4v) is 0.876. The molecule has 0 unspecified atom stereocenters. The van der Waals surface area contributed by atoms with E-state index in [-0.39, 0.29) is 24.0 Å². The average Bonchev–Trinajstić information content (AvgIpc) is 2.61. The number of oxazole rings is 1. The third-order valence-electron chi connectivity index (χ3n) is 1.42. The summed E-state index contributed by atoms with van der Waals surface area (Å²) in [4.78, 5) is 19.6. The van der Waals surface area contributed by atoms with Crippen molar-refractivity contribution in [3.05, 3.63) is 12.0 Å². The largest absolute Gasteiger partial charge is 0.461 e. The molecule has 0 aliphatic carbocycles. The molecule has 7 nitrogen and oxygen atoms in total. The lowest BCUT2D eigenvalue weighted by molar-refractivity contribution is -0.135. The number of aromatic nitrogens is 1. The van der Waals surface area contributed by atoms with Crippen LogP contribution in [-0.4, -0.2) is 30.4 Å². The van der Waals surface area contributed by atoms with Crippen molar-refractivity contribution in [2.75, 3.05) is 19.5 Å². The van der Waals surface area contributed by atoms with Gasteiger partial charge in [-0.3, -0.25) is 0 Å². The number of nitrogens with two attached hydrogens (primary N) is 1. The van der Waals surface area contributed by atoms with Gasteiger partial charge in [0.2, 0.25) is 5.71 Å². The van der Waals surface area contributed by atoms with Gasteiger partial charge >= 0.3 is 5.97 Å². The Labute approximate surface area is 85.8 Å². The van der Waals surface area contributed by atoms with Crippen molar-refractivity contribution < 1.29 is 18.8 Å². The monoisotopic (exact) mass is 213 g/mol. The minimum absolute atomic E-state index is 0.0573. The van der Waals surface area contributed by atoms with E-state index in [0.29, 0.717) is 0 Å². The van der Waals surface area contributed by atoms with Crippen LogP contribution in [0.25, 0.3) is 0 Å². The normalized spacial score (nSPS) is 11.2. The van der Waals surface area contributed by atoms with E-state index in [2.05, 4.69) is 15.0 Å². The zero-order valence-electron chi connectivity index (χ0n) is 8.39. The second-order valence-electron chi connectivity index (χ2n) is 2.41. The molecule has 1 rings (SSSR count). The first-order chi connectivity index (χ1) is 7.19. The van der Waals surface area contributed by atoms with Crippen LogP contribution in [0.5, 0.6) is 0 Å². The zero-order valence-corrected chi connectivity index (χ0v) is 8.39. The van der Waals surface area contributed by atoms with Gasteiger partial charge in [0.05, 0.1) is 6.61 Å². The number of anilines is 1. The number of nitrogen functional groups attached to an aromatic ring is 1. The van der Waals surface area contributed by atoms with Crippen LogP contribution in [-0.2, 0) is 14.4 Å². The van der Waals surface area contributed by atoms with Gasteiger partial charge in [-0.15, -0.1) is 0 Å². The number of carbonyl (C=O) groups is 1. The summed E-state index contributed by atoms with van der Waals surface area (Å²) < 4.78 is 9.49. The topological polar surface area (TPSA) is 99.9 Å². The molecule has 7 heteroatoms. The summed E-state index contributed by atoms with van der Waals surface area (Å²) in [7, 11) is 1.31. The highest BCUT2D eigenvalue weighted by Crippen LogP contribution is 2.06. The van der Waals surface area contributed by atoms with Gasteiger partial charge < -0.3 is 19.7 Å². The molecule has 1 heterocycles. The number of esters is 1. The van der Waals surface area contributed by atoms with Gasteiger partial charge in [0, 0.05) is 0 Å². The maximum absolute atomic E-state index is 11.4. The Balaban J connectivity index is 2.93. The van der Waals surface area contributed by atoms with E-state index in [4.69, 9.17) is 14.9 Å². The predicted molar refractivity (Wildman–Crippen MR) is 51.1 cm³/mol. The van der Waals surface area contributed by atoms with Crippen LogP contribution >= 0.6 is 0 Å². The highest BCUT2D eigenvalue weighted by molar-refractivity contribution is 6.42. The third kappa shape index (κ3) is 2.70. The van der Waals surface area contributed by atoms with E-state index < -0.39 is 5.97 Å². The van der Waals surface area contributed by atoms with Gasteiger partial charge in [-0.2, -0.15) is 4.98 Å². The van der Waals surface area contributed by atoms with E-state index in [1.165, 1.54) is 13.4 Å². The molecular formula is C8H11N3O4. The van der Waals surface area contributed by atoms with Crippen molar-refractivity contribution in [2.24, 2.45) is 5.16 Å². The number of ether oxygens (including phenoxy) is 1. The van der Waals surface area contributed by atoms with Gasteiger partial charge in [-0.05, 0) is 6.92 Å². The minimum Gasteiger partial charge on any atom is -0.461 e. The molecule has 2 N–H and O–H groups in total. The molecule has 0 saturated heterocycles. The van der Waals surface area contributed by atoms with Crippen molar-refractivity contribution in [3.8, 4) is 0 Å². The summed E-state index contributed by atoms with van der Waals surface area (Å²) in [5, 5.41) is 3.49. The van der Waals surface area contributed by atoms with Crippen molar-refractivity contribution in [1.82, 2.24) is 4.98 Å². The lowest BCUT2D eigenvalue weighted by atomic mass is 10.3. The van der Waals surface area contributed by atoms with Crippen LogP contribution < -0.4 is 5.73 Å². The zero-order chi connectivity index (χ0) is 11.3. The molecule has 0 atom stereocenters. The summed E-state index contributed by atoms with van der Waals surface area (Å²) in [6.45, 7) is 1.91. The Kier molecular flexibility index (Phi) is 3.67. The highest BCUT2D eigenvalue weighted by Gasteiger charge is 2.20. The van der Waals surface area contributed by atoms with Crippen molar-refractivity contribution >= 4 is 17.7 Å². The molecule has 82 valence electrons. The van der Waals surface area contributed by atoms with E-state index in [1.54, 1.807) is 6.92 Å². The van der Waals surface area contributed by atoms with Crippen LogP contribution in [0, 0.1) is 0 Å². The first kappa shape index (κ1) is 11.0. The Bertz CT molecular complexity index is 372. The van der Waals surface area contributed by atoms with Crippen LogP contribution in [0.3, 0.4) is 0 Å². The predicted octanol–water partition coefficient (Wildman–Crippen LogP) is 0.170. The number of nitrogens with zero attached hydrogens (tertiary/aromatic N) is 2. The van der Waals surface area contributed by atoms with Crippen LogP contribution in [0.2, 0.25) is 0 Å². The maximum atomic E-state index is 11.4. The van der Waals surface area contributed by atoms with Gasteiger partial charge in [0.15, 0.2) is 0 Å². The van der Waals surface area contributed by atoms with Gasteiger partial charge in [0.25, 0.3) is 6.01 Å². The number of rotatable bonds is 4. The Morgan fingerprint density at radius 2 is 2.47 bits per heavy atom. The third-order valence-corrected chi connectivity index (χ3v) is 1.42. The van der Waals surface area contributed by atoms with Crippen molar-refractivity contribution in [3.63, 3.8) is 0 Å². The molecule has 0 bridgehead atoms. The Morgan fingerprint density at radius 1 is 1.73 bits per heavy atom. The molecule has 1 aromatic rings. The quantitative estimate of drug-likeness (QED) is 0.434. The van der Waals surface area contributed by atoms with E-state index in [0.717, 1.165) is 0 Å². The first-order valence-corrected chi connectivity index (χ1v) is 4.18. The summed E-state index contributed by atoms with van der Waals surface area (Å²) in [5.41, 5.74) is 5.35. The minimum atomic E-state index is -0.646. The number of hydrogen-bond donors (Lipinski definition) is 1.